The minimum absolute atomic E-state index is 0.0567. The van der Waals surface area contributed by atoms with Crippen molar-refractivity contribution in [1.29, 1.82) is 0 Å². The van der Waals surface area contributed by atoms with Gasteiger partial charge in [-0.3, -0.25) is 0 Å². The maximum atomic E-state index is 6.05. The minimum atomic E-state index is -0.0567. The molecule has 0 fully saturated rings. The van der Waals surface area contributed by atoms with Crippen LogP contribution in [0.1, 0.15) is 58.8 Å². The van der Waals surface area contributed by atoms with Crippen molar-refractivity contribution in [2.75, 3.05) is 32.8 Å². The third-order valence-corrected chi connectivity index (χ3v) is 4.98. The van der Waals surface area contributed by atoms with Crippen LogP contribution in [0.3, 0.4) is 0 Å². The van der Waals surface area contributed by atoms with Crippen LogP contribution >= 0.6 is 0 Å². The number of aromatic nitrogens is 1. The van der Waals surface area contributed by atoms with E-state index in [9.17, 15) is 0 Å². The molecule has 0 aliphatic rings. The van der Waals surface area contributed by atoms with Crippen molar-refractivity contribution in [2.24, 2.45) is 4.99 Å². The molecule has 1 aromatic carbocycles. The highest BCUT2D eigenvalue weighted by Gasteiger charge is 2.19. The Morgan fingerprint density at radius 3 is 2.52 bits per heavy atom. The number of guanidine groups is 1. The maximum Gasteiger partial charge on any atom is 0.213 e. The quantitative estimate of drug-likeness (QED) is 0.416. The zero-order valence-electron chi connectivity index (χ0n) is 20.0. The molecule has 0 unspecified atom stereocenters. The molecule has 31 heavy (non-hydrogen) atoms. The Labute approximate surface area is 187 Å². The van der Waals surface area contributed by atoms with Crippen LogP contribution in [-0.2, 0) is 18.5 Å². The zero-order chi connectivity index (χ0) is 22.7. The number of likely N-dealkylation sites (N-methyl/N-ethyl adjacent to an activating group) is 1. The second-order valence-corrected chi connectivity index (χ2v) is 8.40. The highest BCUT2D eigenvalue weighted by Crippen LogP contribution is 2.22. The van der Waals surface area contributed by atoms with Crippen molar-refractivity contribution in [2.45, 2.75) is 60.0 Å². The third-order valence-electron chi connectivity index (χ3n) is 4.98. The molecule has 0 radical (unpaired) electrons. The fourth-order valence-corrected chi connectivity index (χ4v) is 3.00. The van der Waals surface area contributed by atoms with E-state index in [1.807, 2.05) is 25.1 Å². The molecule has 0 saturated carbocycles. The standard InChI is InChI=1S/C24H39N5O2/c1-7-25-23(28-18-22-26-17-21(31-22)24(4,5)6)27-16-19-12-10-11-13-20(19)30-15-14-29(8-2)9-3/h10-13,17H,7-9,14-16,18H2,1-6H3,(H2,25,27,28). The van der Waals surface area contributed by atoms with Crippen LogP contribution < -0.4 is 15.4 Å². The highest BCUT2D eigenvalue weighted by atomic mass is 16.5. The Hall–Kier alpha value is -2.54. The lowest BCUT2D eigenvalue weighted by Crippen LogP contribution is -2.36. The average molecular weight is 430 g/mol. The summed E-state index contributed by atoms with van der Waals surface area (Å²) >= 11 is 0. The molecule has 172 valence electrons. The Bertz CT molecular complexity index is 806. The first-order valence-corrected chi connectivity index (χ1v) is 11.3. The summed E-state index contributed by atoms with van der Waals surface area (Å²) < 4.78 is 11.9. The summed E-state index contributed by atoms with van der Waals surface area (Å²) in [5, 5.41) is 6.57. The van der Waals surface area contributed by atoms with Crippen molar-refractivity contribution >= 4 is 5.96 Å². The van der Waals surface area contributed by atoms with E-state index in [0.717, 1.165) is 49.2 Å². The van der Waals surface area contributed by atoms with Gasteiger partial charge in [-0.25, -0.2) is 9.98 Å². The van der Waals surface area contributed by atoms with Gasteiger partial charge in [0.15, 0.2) is 5.96 Å². The summed E-state index contributed by atoms with van der Waals surface area (Å²) in [5.41, 5.74) is 1.00. The van der Waals surface area contributed by atoms with E-state index in [1.54, 1.807) is 6.20 Å². The van der Waals surface area contributed by atoms with Crippen LogP contribution in [0.5, 0.6) is 5.75 Å². The van der Waals surface area contributed by atoms with Crippen molar-refractivity contribution in [3.63, 3.8) is 0 Å². The Kier molecular flexibility index (Phi) is 9.85. The van der Waals surface area contributed by atoms with E-state index in [2.05, 4.69) is 61.2 Å². The Balaban J connectivity index is 1.97. The van der Waals surface area contributed by atoms with Crippen LogP contribution in [-0.4, -0.2) is 48.6 Å². The van der Waals surface area contributed by atoms with Crippen LogP contribution in [0.15, 0.2) is 39.9 Å². The number of rotatable bonds is 11. The number of hydrogen-bond acceptors (Lipinski definition) is 5. The number of nitrogens with zero attached hydrogens (tertiary/aromatic N) is 3. The summed E-state index contributed by atoms with van der Waals surface area (Å²) in [6.07, 6.45) is 1.80. The smallest absolute Gasteiger partial charge is 0.213 e. The van der Waals surface area contributed by atoms with Gasteiger partial charge in [-0.2, -0.15) is 0 Å². The fourth-order valence-electron chi connectivity index (χ4n) is 3.00. The summed E-state index contributed by atoms with van der Waals surface area (Å²) in [4.78, 5) is 11.4. The molecule has 7 heteroatoms. The van der Waals surface area contributed by atoms with Crippen molar-refractivity contribution < 1.29 is 9.15 Å². The zero-order valence-corrected chi connectivity index (χ0v) is 20.0. The van der Waals surface area contributed by atoms with Gasteiger partial charge < -0.3 is 24.7 Å². The first kappa shape index (κ1) is 24.7. The SMILES string of the molecule is CCNC(=NCc1ccccc1OCCN(CC)CC)NCc1ncc(C(C)(C)C)o1. The Morgan fingerprint density at radius 1 is 1.13 bits per heavy atom. The molecule has 1 aromatic heterocycles. The lowest BCUT2D eigenvalue weighted by molar-refractivity contribution is 0.221. The maximum absolute atomic E-state index is 6.05. The molecule has 7 nitrogen and oxygen atoms in total. The number of nitrogens with one attached hydrogen (secondary N) is 2. The van der Waals surface area contributed by atoms with E-state index in [4.69, 9.17) is 14.1 Å². The lowest BCUT2D eigenvalue weighted by Gasteiger charge is -2.18. The molecule has 0 spiro atoms. The van der Waals surface area contributed by atoms with Gasteiger partial charge in [-0.15, -0.1) is 0 Å². The summed E-state index contributed by atoms with van der Waals surface area (Å²) in [7, 11) is 0. The van der Waals surface area contributed by atoms with Crippen LogP contribution in [0.4, 0.5) is 0 Å². The summed E-state index contributed by atoms with van der Waals surface area (Å²) in [6, 6.07) is 8.08. The van der Waals surface area contributed by atoms with E-state index in [0.29, 0.717) is 25.6 Å². The number of hydrogen-bond donors (Lipinski definition) is 2. The van der Waals surface area contributed by atoms with Gasteiger partial charge in [0.05, 0.1) is 19.3 Å². The molecular weight excluding hydrogens is 390 g/mol. The largest absolute Gasteiger partial charge is 0.492 e. The molecule has 2 N–H and O–H groups in total. The molecule has 2 aromatic rings. The second kappa shape index (κ2) is 12.3. The normalized spacial score (nSPS) is 12.3. The highest BCUT2D eigenvalue weighted by molar-refractivity contribution is 5.79. The minimum Gasteiger partial charge on any atom is -0.492 e. The molecule has 2 rings (SSSR count). The van der Waals surface area contributed by atoms with Gasteiger partial charge in [0, 0.05) is 24.1 Å². The molecule has 0 saturated heterocycles. The predicted molar refractivity (Wildman–Crippen MR) is 127 cm³/mol. The predicted octanol–water partition coefficient (Wildman–Crippen LogP) is 3.95. The van der Waals surface area contributed by atoms with Crippen molar-refractivity contribution in [3.05, 3.63) is 47.7 Å². The number of ether oxygens (including phenoxy) is 1. The second-order valence-electron chi connectivity index (χ2n) is 8.40. The number of benzene rings is 1. The van der Waals surface area contributed by atoms with E-state index < -0.39 is 0 Å². The molecule has 1 heterocycles. The van der Waals surface area contributed by atoms with Crippen LogP contribution in [0.25, 0.3) is 0 Å². The van der Waals surface area contributed by atoms with E-state index in [-0.39, 0.29) is 5.41 Å². The molecule has 0 aliphatic carbocycles. The first-order valence-electron chi connectivity index (χ1n) is 11.3. The van der Waals surface area contributed by atoms with Gasteiger partial charge in [0.25, 0.3) is 0 Å². The van der Waals surface area contributed by atoms with Gasteiger partial charge in [0.1, 0.15) is 18.1 Å². The van der Waals surface area contributed by atoms with E-state index >= 15 is 0 Å². The summed E-state index contributed by atoms with van der Waals surface area (Å²) in [5.74, 6) is 3.13. The molecular formula is C24H39N5O2. The van der Waals surface area contributed by atoms with Gasteiger partial charge in [-0.1, -0.05) is 52.8 Å². The third kappa shape index (κ3) is 8.25. The number of para-hydroxylation sites is 1. The average Bonchev–Trinajstić information content (AvgIpc) is 3.24. The first-order chi connectivity index (χ1) is 14.9. The van der Waals surface area contributed by atoms with Crippen molar-refractivity contribution in [3.8, 4) is 5.75 Å². The number of aliphatic imine (C=N–C) groups is 1. The monoisotopic (exact) mass is 429 g/mol. The number of oxazole rings is 1. The molecule has 0 amide bonds. The fraction of sp³-hybridized carbons (Fsp3) is 0.583. The Morgan fingerprint density at radius 2 is 1.87 bits per heavy atom. The lowest BCUT2D eigenvalue weighted by atomic mass is 9.94. The van der Waals surface area contributed by atoms with Crippen LogP contribution in [0, 0.1) is 0 Å². The summed E-state index contributed by atoms with van der Waals surface area (Å²) in [6.45, 7) is 18.1. The van der Waals surface area contributed by atoms with Crippen LogP contribution in [0.2, 0.25) is 0 Å². The van der Waals surface area contributed by atoms with Gasteiger partial charge >= 0.3 is 0 Å². The van der Waals surface area contributed by atoms with E-state index in [1.165, 1.54) is 0 Å². The molecule has 0 bridgehead atoms. The van der Waals surface area contributed by atoms with Crippen molar-refractivity contribution in [1.82, 2.24) is 20.5 Å². The van der Waals surface area contributed by atoms with Gasteiger partial charge in [0.2, 0.25) is 5.89 Å². The molecule has 0 aliphatic heterocycles. The van der Waals surface area contributed by atoms with Gasteiger partial charge in [-0.05, 0) is 26.1 Å². The topological polar surface area (TPSA) is 74.9 Å². The molecule has 0 atom stereocenters.